The third-order valence-corrected chi connectivity index (χ3v) is 4.33. The summed E-state index contributed by atoms with van der Waals surface area (Å²) in [5, 5.41) is 19.4. The SMILES string of the molecule is Cc1cc(C(=O)Nc2nnc(SCCC#N)s2)c(C)o1. The van der Waals surface area contributed by atoms with Gasteiger partial charge in [0.05, 0.1) is 11.6 Å². The van der Waals surface area contributed by atoms with Gasteiger partial charge < -0.3 is 4.42 Å². The molecule has 1 amide bonds. The zero-order valence-electron chi connectivity index (χ0n) is 11.0. The number of rotatable bonds is 5. The van der Waals surface area contributed by atoms with Crippen LogP contribution in [0.5, 0.6) is 0 Å². The van der Waals surface area contributed by atoms with Crippen molar-refractivity contribution in [2.24, 2.45) is 0 Å². The van der Waals surface area contributed by atoms with E-state index in [1.807, 2.05) is 0 Å². The van der Waals surface area contributed by atoms with Crippen molar-refractivity contribution in [2.75, 3.05) is 11.1 Å². The number of hydrogen-bond donors (Lipinski definition) is 1. The highest BCUT2D eigenvalue weighted by Crippen LogP contribution is 2.26. The molecule has 0 aliphatic heterocycles. The van der Waals surface area contributed by atoms with Gasteiger partial charge in [-0.3, -0.25) is 10.1 Å². The molecule has 0 atom stereocenters. The Balaban J connectivity index is 1.98. The molecule has 0 bridgehead atoms. The van der Waals surface area contributed by atoms with Crippen LogP contribution in [0.3, 0.4) is 0 Å². The molecule has 2 heterocycles. The molecule has 0 aromatic carbocycles. The lowest BCUT2D eigenvalue weighted by Crippen LogP contribution is -2.11. The van der Waals surface area contributed by atoms with E-state index in [4.69, 9.17) is 9.68 Å². The second kappa shape index (κ2) is 6.54. The molecule has 6 nitrogen and oxygen atoms in total. The first-order valence-corrected chi connectivity index (χ1v) is 7.62. The Morgan fingerprint density at radius 2 is 2.35 bits per heavy atom. The predicted molar refractivity (Wildman–Crippen MR) is 77.0 cm³/mol. The molecule has 0 saturated heterocycles. The molecule has 8 heteroatoms. The summed E-state index contributed by atoms with van der Waals surface area (Å²) < 4.78 is 6.05. The summed E-state index contributed by atoms with van der Waals surface area (Å²) in [6.07, 6.45) is 0.458. The number of carbonyl (C=O) groups excluding carboxylic acids is 1. The second-order valence-corrected chi connectivity index (χ2v) is 6.23. The monoisotopic (exact) mass is 308 g/mol. The van der Waals surface area contributed by atoms with Crippen LogP contribution < -0.4 is 5.32 Å². The van der Waals surface area contributed by atoms with E-state index >= 15 is 0 Å². The number of hydrogen-bond acceptors (Lipinski definition) is 7. The van der Waals surface area contributed by atoms with Gasteiger partial charge in [0.15, 0.2) is 4.34 Å². The first-order chi connectivity index (χ1) is 9.60. The lowest BCUT2D eigenvalue weighted by Gasteiger charge is -1.98. The molecular formula is C12H12N4O2S2. The smallest absolute Gasteiger partial charge is 0.261 e. The van der Waals surface area contributed by atoms with Crippen LogP contribution in [0.4, 0.5) is 5.13 Å². The van der Waals surface area contributed by atoms with Gasteiger partial charge in [0.1, 0.15) is 11.5 Å². The number of amides is 1. The van der Waals surface area contributed by atoms with Gasteiger partial charge in [0.25, 0.3) is 5.91 Å². The molecule has 0 spiro atoms. The van der Waals surface area contributed by atoms with E-state index in [-0.39, 0.29) is 5.91 Å². The minimum absolute atomic E-state index is 0.260. The normalized spacial score (nSPS) is 10.2. The van der Waals surface area contributed by atoms with Gasteiger partial charge in [0, 0.05) is 12.2 Å². The summed E-state index contributed by atoms with van der Waals surface area (Å²) >= 11 is 2.74. The minimum Gasteiger partial charge on any atom is -0.466 e. The standard InChI is InChI=1S/C12H12N4O2S2/c1-7-6-9(8(2)18-7)10(17)14-11-15-16-12(20-11)19-5-3-4-13/h6H,3,5H2,1-2H3,(H,14,15,17). The van der Waals surface area contributed by atoms with E-state index in [2.05, 4.69) is 21.6 Å². The van der Waals surface area contributed by atoms with Gasteiger partial charge in [-0.05, 0) is 19.9 Å². The Bertz CT molecular complexity index is 657. The van der Waals surface area contributed by atoms with E-state index in [9.17, 15) is 4.79 Å². The number of aryl methyl sites for hydroxylation is 2. The lowest BCUT2D eigenvalue weighted by atomic mass is 10.2. The minimum atomic E-state index is -0.260. The molecule has 1 N–H and O–H groups in total. The van der Waals surface area contributed by atoms with E-state index in [1.54, 1.807) is 19.9 Å². The van der Waals surface area contributed by atoms with Gasteiger partial charge >= 0.3 is 0 Å². The molecule has 2 rings (SSSR count). The highest BCUT2D eigenvalue weighted by Gasteiger charge is 2.15. The average molecular weight is 308 g/mol. The number of nitrogens with zero attached hydrogens (tertiary/aromatic N) is 3. The maximum atomic E-state index is 12.0. The Hall–Kier alpha value is -1.85. The summed E-state index contributed by atoms with van der Waals surface area (Å²) in [5.74, 6) is 1.67. The molecule has 0 aliphatic rings. The highest BCUT2D eigenvalue weighted by atomic mass is 32.2. The number of thioether (sulfide) groups is 1. The Kier molecular flexibility index (Phi) is 4.76. The van der Waals surface area contributed by atoms with Gasteiger partial charge in [-0.2, -0.15) is 5.26 Å². The molecule has 0 fully saturated rings. The van der Waals surface area contributed by atoms with E-state index in [0.717, 1.165) is 4.34 Å². The zero-order valence-corrected chi connectivity index (χ0v) is 12.6. The first kappa shape index (κ1) is 14.6. The summed E-state index contributed by atoms with van der Waals surface area (Å²) in [7, 11) is 0. The highest BCUT2D eigenvalue weighted by molar-refractivity contribution is 8.01. The maximum absolute atomic E-state index is 12.0. The molecular weight excluding hydrogens is 296 g/mol. The summed E-state index contributed by atoms with van der Waals surface area (Å²) in [5.41, 5.74) is 0.497. The molecule has 0 radical (unpaired) electrons. The van der Waals surface area contributed by atoms with Crippen LogP contribution in [0.1, 0.15) is 28.3 Å². The van der Waals surface area contributed by atoms with Crippen LogP contribution in [0.25, 0.3) is 0 Å². The van der Waals surface area contributed by atoms with Crippen molar-refractivity contribution in [1.82, 2.24) is 10.2 Å². The molecule has 104 valence electrons. The fraction of sp³-hybridized carbons (Fsp3) is 0.333. The van der Waals surface area contributed by atoms with Gasteiger partial charge in [-0.25, -0.2) is 0 Å². The summed E-state index contributed by atoms with van der Waals surface area (Å²) in [6, 6.07) is 3.75. The number of nitrogens with one attached hydrogen (secondary N) is 1. The average Bonchev–Trinajstić information content (AvgIpc) is 2.96. The topological polar surface area (TPSA) is 91.8 Å². The van der Waals surface area contributed by atoms with Gasteiger partial charge in [-0.1, -0.05) is 23.1 Å². The molecule has 20 heavy (non-hydrogen) atoms. The fourth-order valence-corrected chi connectivity index (χ4v) is 3.18. The summed E-state index contributed by atoms with van der Waals surface area (Å²) in [4.78, 5) is 12.0. The van der Waals surface area contributed by atoms with E-state index < -0.39 is 0 Å². The number of nitriles is 1. The molecule has 2 aromatic heterocycles. The number of aromatic nitrogens is 2. The van der Waals surface area contributed by atoms with Gasteiger partial charge in [0.2, 0.25) is 5.13 Å². The van der Waals surface area contributed by atoms with Crippen LogP contribution in [-0.2, 0) is 0 Å². The zero-order chi connectivity index (χ0) is 14.5. The van der Waals surface area contributed by atoms with Crippen molar-refractivity contribution in [3.63, 3.8) is 0 Å². The van der Waals surface area contributed by atoms with Crippen LogP contribution in [0, 0.1) is 25.2 Å². The number of anilines is 1. The third kappa shape index (κ3) is 3.59. The molecule has 2 aromatic rings. The van der Waals surface area contributed by atoms with Crippen molar-refractivity contribution >= 4 is 34.1 Å². The van der Waals surface area contributed by atoms with Crippen molar-refractivity contribution < 1.29 is 9.21 Å². The largest absolute Gasteiger partial charge is 0.466 e. The van der Waals surface area contributed by atoms with Crippen LogP contribution in [0.2, 0.25) is 0 Å². The molecule has 0 saturated carbocycles. The van der Waals surface area contributed by atoms with Crippen molar-refractivity contribution in [3.05, 3.63) is 23.2 Å². The first-order valence-electron chi connectivity index (χ1n) is 5.82. The number of furan rings is 1. The Morgan fingerprint density at radius 1 is 1.55 bits per heavy atom. The number of carbonyl (C=O) groups is 1. The quantitative estimate of drug-likeness (QED) is 0.518. The fourth-order valence-electron chi connectivity index (χ4n) is 1.52. The lowest BCUT2D eigenvalue weighted by molar-refractivity contribution is 0.102. The van der Waals surface area contributed by atoms with Crippen LogP contribution in [0.15, 0.2) is 14.8 Å². The second-order valence-electron chi connectivity index (χ2n) is 3.91. The molecule has 0 unspecified atom stereocenters. The third-order valence-electron chi connectivity index (χ3n) is 2.35. The van der Waals surface area contributed by atoms with Crippen molar-refractivity contribution in [3.8, 4) is 6.07 Å². The van der Waals surface area contributed by atoms with E-state index in [0.29, 0.717) is 34.4 Å². The van der Waals surface area contributed by atoms with Crippen molar-refractivity contribution in [1.29, 1.82) is 5.26 Å². The molecule has 0 aliphatic carbocycles. The summed E-state index contributed by atoms with van der Waals surface area (Å²) in [6.45, 7) is 3.53. The van der Waals surface area contributed by atoms with Gasteiger partial charge in [-0.15, -0.1) is 10.2 Å². The van der Waals surface area contributed by atoms with E-state index in [1.165, 1.54) is 23.1 Å². The van der Waals surface area contributed by atoms with Crippen LogP contribution >= 0.6 is 23.1 Å². The Morgan fingerprint density at radius 3 is 3.00 bits per heavy atom. The van der Waals surface area contributed by atoms with Crippen LogP contribution in [-0.4, -0.2) is 21.9 Å². The Labute approximate surface area is 124 Å². The maximum Gasteiger partial charge on any atom is 0.261 e. The van der Waals surface area contributed by atoms with Crippen molar-refractivity contribution in [2.45, 2.75) is 24.6 Å². The predicted octanol–water partition coefficient (Wildman–Crippen LogP) is 3.01.